The van der Waals surface area contributed by atoms with Gasteiger partial charge in [0.15, 0.2) is 0 Å². The Morgan fingerprint density at radius 3 is 2.48 bits per heavy atom. The van der Waals surface area contributed by atoms with Crippen molar-refractivity contribution < 1.29 is 18.3 Å². The number of unbranched alkanes of at least 4 members (excludes halogenated alkanes) is 2. The van der Waals surface area contributed by atoms with E-state index in [1.807, 2.05) is 13.8 Å². The van der Waals surface area contributed by atoms with Gasteiger partial charge in [0.1, 0.15) is 9.77 Å². The molecule has 1 heterocycles. The number of carbonyl (C=O) groups is 1. The van der Waals surface area contributed by atoms with Crippen LogP contribution in [0.3, 0.4) is 0 Å². The van der Waals surface area contributed by atoms with Crippen LogP contribution in [0.5, 0.6) is 0 Å². The molecule has 0 atom stereocenters. The summed E-state index contributed by atoms with van der Waals surface area (Å²) < 4.78 is 27.1. The van der Waals surface area contributed by atoms with Crippen molar-refractivity contribution in [3.63, 3.8) is 0 Å². The minimum atomic E-state index is -3.78. The second-order valence-corrected chi connectivity index (χ2v) is 8.01. The molecule has 0 aliphatic rings. The van der Waals surface area contributed by atoms with E-state index >= 15 is 0 Å². The molecule has 0 saturated carbocycles. The number of carboxylic acid groups (broad SMARTS) is 1. The van der Waals surface area contributed by atoms with E-state index in [2.05, 4.69) is 6.92 Å². The number of aromatic carboxylic acids is 1. The minimum absolute atomic E-state index is 0.0507. The summed E-state index contributed by atoms with van der Waals surface area (Å²) in [4.78, 5) is 11.1. The highest BCUT2D eigenvalue weighted by Gasteiger charge is 2.33. The van der Waals surface area contributed by atoms with E-state index in [1.165, 1.54) is 4.31 Å². The van der Waals surface area contributed by atoms with Gasteiger partial charge in [0.2, 0.25) is 10.0 Å². The number of hydrogen-bond acceptors (Lipinski definition) is 4. The molecule has 0 amide bonds. The average Bonchev–Trinajstić information content (AvgIpc) is 2.76. The Morgan fingerprint density at radius 2 is 2.00 bits per heavy atom. The highest BCUT2D eigenvalue weighted by Crippen LogP contribution is 2.30. The molecule has 120 valence electrons. The largest absolute Gasteiger partial charge is 0.477 e. The van der Waals surface area contributed by atoms with Crippen molar-refractivity contribution in [2.45, 2.75) is 57.9 Å². The number of hydrogen-bond donors (Lipinski definition) is 1. The summed E-state index contributed by atoms with van der Waals surface area (Å²) >= 11 is 0.963. The van der Waals surface area contributed by atoms with Crippen molar-refractivity contribution in [3.8, 4) is 0 Å². The summed E-state index contributed by atoms with van der Waals surface area (Å²) in [6, 6.07) is -0.201. The fourth-order valence-corrected chi connectivity index (χ4v) is 5.46. The Bertz CT molecular complexity index is 590. The van der Waals surface area contributed by atoms with Gasteiger partial charge in [-0.2, -0.15) is 4.31 Å². The standard InChI is InChI=1S/C14H23NO4S2/c1-5-6-7-8-15(10(2)3)21(18,19)13-11(4)9-20-12(13)14(16)17/h9-10H,5-8H2,1-4H3,(H,16,17). The second kappa shape index (κ2) is 7.38. The second-order valence-electron chi connectivity index (χ2n) is 5.30. The Kier molecular flexibility index (Phi) is 6.37. The monoisotopic (exact) mass is 333 g/mol. The predicted molar refractivity (Wildman–Crippen MR) is 84.6 cm³/mol. The van der Waals surface area contributed by atoms with E-state index in [-0.39, 0.29) is 15.8 Å². The molecule has 0 spiro atoms. The first-order valence-corrected chi connectivity index (χ1v) is 9.38. The number of aryl methyl sites for hydroxylation is 1. The molecule has 0 aliphatic carbocycles. The fraction of sp³-hybridized carbons (Fsp3) is 0.643. The van der Waals surface area contributed by atoms with Gasteiger partial charge in [-0.25, -0.2) is 13.2 Å². The molecule has 0 unspecified atom stereocenters. The SMILES string of the molecule is CCCCCN(C(C)C)S(=O)(=O)c1c(C)csc1C(=O)O. The van der Waals surface area contributed by atoms with Crippen molar-refractivity contribution >= 4 is 27.3 Å². The van der Waals surface area contributed by atoms with Crippen molar-refractivity contribution in [3.05, 3.63) is 15.8 Å². The van der Waals surface area contributed by atoms with Crippen LogP contribution >= 0.6 is 11.3 Å². The molecule has 1 N–H and O–H groups in total. The number of sulfonamides is 1. The van der Waals surface area contributed by atoms with Crippen molar-refractivity contribution in [2.75, 3.05) is 6.54 Å². The third kappa shape index (κ3) is 4.05. The van der Waals surface area contributed by atoms with E-state index in [0.29, 0.717) is 12.1 Å². The highest BCUT2D eigenvalue weighted by molar-refractivity contribution is 7.89. The summed E-state index contributed by atoms with van der Waals surface area (Å²) in [5.74, 6) is -1.19. The lowest BCUT2D eigenvalue weighted by atomic mass is 10.2. The predicted octanol–water partition coefficient (Wildman–Crippen LogP) is 3.34. The Hall–Kier alpha value is -0.920. The summed E-state index contributed by atoms with van der Waals surface area (Å²) in [5.41, 5.74) is 0.499. The van der Waals surface area contributed by atoms with Gasteiger partial charge in [0.05, 0.1) is 0 Å². The Morgan fingerprint density at radius 1 is 1.38 bits per heavy atom. The molecule has 1 rings (SSSR count). The quantitative estimate of drug-likeness (QED) is 0.740. The van der Waals surface area contributed by atoms with Crippen LogP contribution in [0.2, 0.25) is 0 Å². The van der Waals surface area contributed by atoms with Gasteiger partial charge < -0.3 is 5.11 Å². The molecule has 0 aromatic carbocycles. The fourth-order valence-electron chi connectivity index (χ4n) is 2.19. The molecule has 5 nitrogen and oxygen atoms in total. The molecule has 0 saturated heterocycles. The minimum Gasteiger partial charge on any atom is -0.477 e. The van der Waals surface area contributed by atoms with Crippen LogP contribution in [-0.2, 0) is 10.0 Å². The Balaban J connectivity index is 3.23. The Labute approximate surface area is 130 Å². The van der Waals surface area contributed by atoms with Gasteiger partial charge >= 0.3 is 5.97 Å². The topological polar surface area (TPSA) is 74.7 Å². The van der Waals surface area contributed by atoms with Crippen LogP contribution in [0.15, 0.2) is 10.3 Å². The van der Waals surface area contributed by atoms with Gasteiger partial charge in [-0.05, 0) is 38.1 Å². The molecule has 1 aromatic rings. The number of nitrogens with zero attached hydrogens (tertiary/aromatic N) is 1. The average molecular weight is 333 g/mol. The van der Waals surface area contributed by atoms with Crippen molar-refractivity contribution in [2.24, 2.45) is 0 Å². The maximum atomic E-state index is 12.8. The van der Waals surface area contributed by atoms with Crippen LogP contribution in [0.4, 0.5) is 0 Å². The van der Waals surface area contributed by atoms with E-state index in [9.17, 15) is 18.3 Å². The zero-order chi connectivity index (χ0) is 16.2. The maximum Gasteiger partial charge on any atom is 0.347 e. The lowest BCUT2D eigenvalue weighted by Crippen LogP contribution is -2.38. The van der Waals surface area contributed by atoms with Crippen molar-refractivity contribution in [1.82, 2.24) is 4.31 Å². The summed E-state index contributed by atoms with van der Waals surface area (Å²) in [6.07, 6.45) is 2.73. The molecule has 0 aliphatic heterocycles. The van der Waals surface area contributed by atoms with Crippen LogP contribution in [-0.4, -0.2) is 36.4 Å². The van der Waals surface area contributed by atoms with E-state index < -0.39 is 16.0 Å². The highest BCUT2D eigenvalue weighted by atomic mass is 32.2. The van der Waals surface area contributed by atoms with Gasteiger partial charge in [0, 0.05) is 12.6 Å². The summed E-state index contributed by atoms with van der Waals surface area (Å²) in [6.45, 7) is 7.74. The zero-order valence-electron chi connectivity index (χ0n) is 12.9. The summed E-state index contributed by atoms with van der Waals surface area (Å²) in [7, 11) is -3.78. The van der Waals surface area contributed by atoms with Gasteiger partial charge in [-0.1, -0.05) is 19.8 Å². The first-order chi connectivity index (χ1) is 9.73. The third-order valence-electron chi connectivity index (χ3n) is 3.24. The molecular formula is C14H23NO4S2. The maximum absolute atomic E-state index is 12.8. The lowest BCUT2D eigenvalue weighted by Gasteiger charge is -2.26. The van der Waals surface area contributed by atoms with E-state index in [0.717, 1.165) is 30.6 Å². The number of rotatable bonds is 8. The summed E-state index contributed by atoms with van der Waals surface area (Å²) in [5, 5.41) is 10.8. The van der Waals surface area contributed by atoms with E-state index in [1.54, 1.807) is 12.3 Å². The van der Waals surface area contributed by atoms with Gasteiger partial charge in [0.25, 0.3) is 0 Å². The van der Waals surface area contributed by atoms with Gasteiger partial charge in [-0.15, -0.1) is 11.3 Å². The van der Waals surface area contributed by atoms with Crippen LogP contribution in [0.25, 0.3) is 0 Å². The zero-order valence-corrected chi connectivity index (χ0v) is 14.6. The number of thiophene rings is 1. The first-order valence-electron chi connectivity index (χ1n) is 7.06. The van der Waals surface area contributed by atoms with Crippen molar-refractivity contribution in [1.29, 1.82) is 0 Å². The molecule has 21 heavy (non-hydrogen) atoms. The molecule has 7 heteroatoms. The molecule has 1 aromatic heterocycles. The smallest absolute Gasteiger partial charge is 0.347 e. The normalized spacial score (nSPS) is 12.3. The van der Waals surface area contributed by atoms with Crippen LogP contribution in [0, 0.1) is 6.92 Å². The first kappa shape index (κ1) is 18.1. The molecular weight excluding hydrogens is 310 g/mol. The van der Waals surface area contributed by atoms with Crippen LogP contribution in [0.1, 0.15) is 55.3 Å². The number of carboxylic acids is 1. The van der Waals surface area contributed by atoms with Gasteiger partial charge in [-0.3, -0.25) is 0 Å². The molecule has 0 bridgehead atoms. The lowest BCUT2D eigenvalue weighted by molar-refractivity contribution is 0.0698. The molecule has 0 fully saturated rings. The van der Waals surface area contributed by atoms with E-state index in [4.69, 9.17) is 0 Å². The van der Waals surface area contributed by atoms with Crippen LogP contribution < -0.4 is 0 Å². The third-order valence-corrected chi connectivity index (χ3v) is 6.72. The molecule has 0 radical (unpaired) electrons.